The summed E-state index contributed by atoms with van der Waals surface area (Å²) in [5.74, 6) is 0.526. The maximum absolute atomic E-state index is 10.9. The van der Waals surface area contributed by atoms with Gasteiger partial charge in [0.05, 0.1) is 5.69 Å². The predicted octanol–water partition coefficient (Wildman–Crippen LogP) is 3.51. The lowest BCUT2D eigenvalue weighted by Crippen LogP contribution is -2.00. The van der Waals surface area contributed by atoms with Gasteiger partial charge >= 0.3 is 0 Å². The molecule has 0 unspecified atom stereocenters. The summed E-state index contributed by atoms with van der Waals surface area (Å²) in [6.07, 6.45) is 0.850. The summed E-state index contributed by atoms with van der Waals surface area (Å²) < 4.78 is 1.72. The van der Waals surface area contributed by atoms with Gasteiger partial charge in [0.15, 0.2) is 6.29 Å². The van der Waals surface area contributed by atoms with Crippen LogP contribution in [0.15, 0.2) is 30.3 Å². The van der Waals surface area contributed by atoms with E-state index in [0.29, 0.717) is 18.2 Å². The normalized spacial score (nSPS) is 10.9. The smallest absolute Gasteiger partial charge is 0.168 e. The quantitative estimate of drug-likeness (QED) is 0.769. The number of carbonyl (C=O) groups is 1. The standard InChI is InChI=1S/C15H18N2O/c1-4-17-14(10-18)9-15(16-17)13-7-5-12(6-8-13)11(2)3/h5-11H,4H2,1-3H3. The highest BCUT2D eigenvalue weighted by atomic mass is 16.1. The Morgan fingerprint density at radius 2 is 1.94 bits per heavy atom. The summed E-state index contributed by atoms with van der Waals surface area (Å²) in [6.45, 7) is 7.03. The molecule has 0 amide bonds. The van der Waals surface area contributed by atoms with Crippen LogP contribution in [-0.2, 0) is 6.54 Å². The van der Waals surface area contributed by atoms with Gasteiger partial charge in [-0.15, -0.1) is 0 Å². The first-order valence-electron chi connectivity index (χ1n) is 6.29. The largest absolute Gasteiger partial charge is 0.296 e. The van der Waals surface area contributed by atoms with Gasteiger partial charge < -0.3 is 0 Å². The molecule has 0 bridgehead atoms. The Bertz CT molecular complexity index is 538. The monoisotopic (exact) mass is 242 g/mol. The second-order valence-electron chi connectivity index (χ2n) is 4.66. The third-order valence-corrected chi connectivity index (χ3v) is 3.10. The zero-order valence-electron chi connectivity index (χ0n) is 11.1. The van der Waals surface area contributed by atoms with Crippen LogP contribution >= 0.6 is 0 Å². The zero-order valence-corrected chi connectivity index (χ0v) is 11.1. The van der Waals surface area contributed by atoms with Crippen molar-refractivity contribution in [1.29, 1.82) is 0 Å². The van der Waals surface area contributed by atoms with E-state index < -0.39 is 0 Å². The highest BCUT2D eigenvalue weighted by molar-refractivity contribution is 5.75. The fraction of sp³-hybridized carbons (Fsp3) is 0.333. The first kappa shape index (κ1) is 12.6. The minimum Gasteiger partial charge on any atom is -0.296 e. The Morgan fingerprint density at radius 1 is 1.28 bits per heavy atom. The number of nitrogens with zero attached hydrogens (tertiary/aromatic N) is 2. The van der Waals surface area contributed by atoms with Gasteiger partial charge in [-0.05, 0) is 24.5 Å². The van der Waals surface area contributed by atoms with Crippen LogP contribution in [-0.4, -0.2) is 16.1 Å². The number of benzene rings is 1. The highest BCUT2D eigenvalue weighted by Gasteiger charge is 2.08. The van der Waals surface area contributed by atoms with Crippen LogP contribution in [0.5, 0.6) is 0 Å². The van der Waals surface area contributed by atoms with E-state index in [-0.39, 0.29) is 0 Å². The number of rotatable bonds is 4. The number of aldehydes is 1. The van der Waals surface area contributed by atoms with Crippen LogP contribution in [0, 0.1) is 0 Å². The molecule has 0 aliphatic heterocycles. The topological polar surface area (TPSA) is 34.9 Å². The molecule has 0 saturated carbocycles. The summed E-state index contributed by atoms with van der Waals surface area (Å²) in [5, 5.41) is 4.43. The van der Waals surface area contributed by atoms with Crippen LogP contribution in [0.25, 0.3) is 11.3 Å². The molecule has 2 aromatic rings. The highest BCUT2D eigenvalue weighted by Crippen LogP contribution is 2.22. The van der Waals surface area contributed by atoms with Gasteiger partial charge in [0.2, 0.25) is 0 Å². The van der Waals surface area contributed by atoms with Gasteiger partial charge in [0.1, 0.15) is 5.69 Å². The van der Waals surface area contributed by atoms with Crippen LogP contribution in [0.3, 0.4) is 0 Å². The number of aromatic nitrogens is 2. The van der Waals surface area contributed by atoms with E-state index in [0.717, 1.165) is 17.5 Å². The molecule has 2 rings (SSSR count). The Kier molecular flexibility index (Phi) is 3.60. The van der Waals surface area contributed by atoms with Gasteiger partial charge in [-0.25, -0.2) is 0 Å². The second kappa shape index (κ2) is 5.17. The van der Waals surface area contributed by atoms with Crippen LogP contribution in [0.1, 0.15) is 42.7 Å². The lowest BCUT2D eigenvalue weighted by molar-refractivity contribution is 0.111. The van der Waals surface area contributed by atoms with Crippen molar-refractivity contribution in [3.63, 3.8) is 0 Å². The first-order valence-corrected chi connectivity index (χ1v) is 6.29. The molecule has 3 nitrogen and oxygen atoms in total. The number of aryl methyl sites for hydroxylation is 1. The molecule has 0 N–H and O–H groups in total. The molecule has 0 aliphatic rings. The average Bonchev–Trinajstić information content (AvgIpc) is 2.82. The summed E-state index contributed by atoms with van der Waals surface area (Å²) in [7, 11) is 0. The third kappa shape index (κ3) is 2.35. The van der Waals surface area contributed by atoms with Gasteiger partial charge in [0.25, 0.3) is 0 Å². The Labute approximate surface area is 107 Å². The van der Waals surface area contributed by atoms with Gasteiger partial charge in [-0.1, -0.05) is 38.1 Å². The second-order valence-corrected chi connectivity index (χ2v) is 4.66. The van der Waals surface area contributed by atoms with E-state index in [1.165, 1.54) is 5.56 Å². The van der Waals surface area contributed by atoms with Crippen molar-refractivity contribution in [2.75, 3.05) is 0 Å². The maximum atomic E-state index is 10.9. The summed E-state index contributed by atoms with van der Waals surface area (Å²) >= 11 is 0. The molecular formula is C15H18N2O. The summed E-state index contributed by atoms with van der Waals surface area (Å²) in [4.78, 5) is 10.9. The minimum absolute atomic E-state index is 0.526. The van der Waals surface area contributed by atoms with Crippen molar-refractivity contribution >= 4 is 6.29 Å². The molecule has 1 heterocycles. The number of hydrogen-bond donors (Lipinski definition) is 0. The molecular weight excluding hydrogens is 224 g/mol. The fourth-order valence-corrected chi connectivity index (χ4v) is 1.96. The van der Waals surface area contributed by atoms with Gasteiger partial charge in [-0.2, -0.15) is 5.10 Å². The van der Waals surface area contributed by atoms with Crippen molar-refractivity contribution in [2.24, 2.45) is 0 Å². The van der Waals surface area contributed by atoms with E-state index in [2.05, 4.69) is 43.2 Å². The van der Waals surface area contributed by atoms with Gasteiger partial charge in [0, 0.05) is 12.1 Å². The van der Waals surface area contributed by atoms with E-state index >= 15 is 0 Å². The third-order valence-electron chi connectivity index (χ3n) is 3.10. The number of hydrogen-bond acceptors (Lipinski definition) is 2. The van der Waals surface area contributed by atoms with E-state index in [1.807, 2.05) is 13.0 Å². The van der Waals surface area contributed by atoms with E-state index in [4.69, 9.17) is 0 Å². The molecule has 1 aromatic carbocycles. The van der Waals surface area contributed by atoms with Crippen molar-refractivity contribution in [3.05, 3.63) is 41.6 Å². The minimum atomic E-state index is 0.526. The lowest BCUT2D eigenvalue weighted by Gasteiger charge is -2.05. The Morgan fingerprint density at radius 3 is 2.39 bits per heavy atom. The molecule has 94 valence electrons. The maximum Gasteiger partial charge on any atom is 0.168 e. The lowest BCUT2D eigenvalue weighted by atomic mass is 10.0. The van der Waals surface area contributed by atoms with Crippen molar-refractivity contribution < 1.29 is 4.79 Å². The summed E-state index contributed by atoms with van der Waals surface area (Å²) in [6, 6.07) is 10.2. The molecule has 0 atom stereocenters. The first-order chi connectivity index (χ1) is 8.65. The Hall–Kier alpha value is -1.90. The van der Waals surface area contributed by atoms with Crippen LogP contribution in [0.4, 0.5) is 0 Å². The molecule has 0 radical (unpaired) electrons. The Balaban J connectivity index is 2.36. The summed E-state index contributed by atoms with van der Waals surface area (Å²) in [5.41, 5.74) is 3.84. The molecule has 0 spiro atoms. The van der Waals surface area contributed by atoms with E-state index in [9.17, 15) is 4.79 Å². The average molecular weight is 242 g/mol. The van der Waals surface area contributed by atoms with Crippen LogP contribution in [0.2, 0.25) is 0 Å². The molecule has 0 saturated heterocycles. The fourth-order valence-electron chi connectivity index (χ4n) is 1.96. The molecule has 0 fully saturated rings. The van der Waals surface area contributed by atoms with Crippen molar-refractivity contribution in [1.82, 2.24) is 9.78 Å². The molecule has 18 heavy (non-hydrogen) atoms. The SMILES string of the molecule is CCn1nc(-c2ccc(C(C)C)cc2)cc1C=O. The zero-order chi connectivity index (χ0) is 13.1. The molecule has 3 heteroatoms. The number of carbonyl (C=O) groups excluding carboxylic acids is 1. The van der Waals surface area contributed by atoms with Crippen molar-refractivity contribution in [2.45, 2.75) is 33.2 Å². The van der Waals surface area contributed by atoms with Crippen LogP contribution < -0.4 is 0 Å². The molecule has 0 aliphatic carbocycles. The van der Waals surface area contributed by atoms with Crippen molar-refractivity contribution in [3.8, 4) is 11.3 Å². The van der Waals surface area contributed by atoms with E-state index in [1.54, 1.807) is 4.68 Å². The molecule has 1 aromatic heterocycles. The van der Waals surface area contributed by atoms with Gasteiger partial charge in [-0.3, -0.25) is 9.48 Å². The predicted molar refractivity (Wildman–Crippen MR) is 72.8 cm³/mol.